The van der Waals surface area contributed by atoms with Crippen LogP contribution in [0.2, 0.25) is 5.02 Å². The van der Waals surface area contributed by atoms with Crippen molar-refractivity contribution >= 4 is 29.2 Å². The number of carbonyl (C=O) groups is 2. The number of aromatic nitrogens is 9. The quantitative estimate of drug-likeness (QED) is 0.286. The summed E-state index contributed by atoms with van der Waals surface area (Å²) < 4.78 is 4.49. The number of pyridine rings is 1. The van der Waals surface area contributed by atoms with E-state index in [0.29, 0.717) is 57.4 Å². The molecule has 2 bridgehead atoms. The predicted octanol–water partition coefficient (Wildman–Crippen LogP) is 3.94. The van der Waals surface area contributed by atoms with Gasteiger partial charge in [-0.25, -0.2) is 4.98 Å². The second-order valence-electron chi connectivity index (χ2n) is 11.6. The third-order valence-electron chi connectivity index (χ3n) is 8.72. The summed E-state index contributed by atoms with van der Waals surface area (Å²) in [4.78, 5) is 47.9. The lowest BCUT2D eigenvalue weighted by molar-refractivity contribution is -0.137. The van der Waals surface area contributed by atoms with Crippen LogP contribution in [-0.2, 0) is 21.7 Å². The van der Waals surface area contributed by atoms with Crippen LogP contribution >= 0.6 is 11.6 Å². The highest BCUT2D eigenvalue weighted by Crippen LogP contribution is 2.57. The molecule has 14 nitrogen and oxygen atoms in total. The van der Waals surface area contributed by atoms with Gasteiger partial charge in [0.2, 0.25) is 5.91 Å². The van der Waals surface area contributed by atoms with Crippen LogP contribution in [-0.4, -0.2) is 61.5 Å². The Balaban J connectivity index is 1.34. The van der Waals surface area contributed by atoms with Crippen molar-refractivity contribution in [3.63, 3.8) is 0 Å². The van der Waals surface area contributed by atoms with Crippen molar-refractivity contribution in [2.75, 3.05) is 5.32 Å². The zero-order chi connectivity index (χ0) is 31.8. The van der Waals surface area contributed by atoms with Crippen molar-refractivity contribution in [3.8, 4) is 28.2 Å². The molecule has 2 aliphatic rings. The molecule has 7 rings (SSSR count). The number of aliphatic carboxylic acids is 1. The van der Waals surface area contributed by atoms with E-state index in [1.165, 1.54) is 28.0 Å². The molecule has 1 aromatic carbocycles. The molecular weight excluding hydrogens is 612 g/mol. The first kappa shape index (κ1) is 29.5. The molecule has 4 aromatic heterocycles. The van der Waals surface area contributed by atoms with E-state index in [0.717, 1.165) is 32.1 Å². The Hall–Kier alpha value is -5.24. The number of anilines is 1. The van der Waals surface area contributed by atoms with Gasteiger partial charge in [-0.05, 0) is 65.9 Å². The number of nitrogens with one attached hydrogen (secondary N) is 1. The number of nitrogens with zero attached hydrogens (tertiary/aromatic N) is 9. The summed E-state index contributed by atoms with van der Waals surface area (Å²) in [5.74, 6) is -1.10. The second-order valence-corrected chi connectivity index (χ2v) is 12.0. The Labute approximate surface area is 267 Å². The van der Waals surface area contributed by atoms with Crippen LogP contribution in [0.25, 0.3) is 28.2 Å². The van der Waals surface area contributed by atoms with E-state index in [1.807, 2.05) is 6.07 Å². The van der Waals surface area contributed by atoms with Crippen LogP contribution in [0.15, 0.2) is 66.2 Å². The normalized spacial score (nSPS) is 19.7. The van der Waals surface area contributed by atoms with Gasteiger partial charge < -0.3 is 10.4 Å². The monoisotopic (exact) mass is 640 g/mol. The third-order valence-corrected chi connectivity index (χ3v) is 8.96. The van der Waals surface area contributed by atoms with E-state index in [-0.39, 0.29) is 17.4 Å². The Morgan fingerprint density at radius 2 is 1.93 bits per heavy atom. The number of hydrogen-bond acceptors (Lipinski definition) is 9. The Kier molecular flexibility index (Phi) is 7.64. The highest BCUT2D eigenvalue weighted by Gasteiger charge is 2.58. The van der Waals surface area contributed by atoms with Crippen LogP contribution in [0.1, 0.15) is 50.6 Å². The first-order valence-electron chi connectivity index (χ1n) is 15.0. The number of carboxylic acid groups (broad SMARTS) is 1. The molecule has 1 unspecified atom stereocenters. The molecule has 5 aromatic rings. The van der Waals surface area contributed by atoms with Crippen molar-refractivity contribution in [2.24, 2.45) is 5.92 Å². The lowest BCUT2D eigenvalue weighted by atomic mass is 10.0. The van der Waals surface area contributed by atoms with Crippen molar-refractivity contribution in [2.45, 2.75) is 57.0 Å². The molecule has 2 atom stereocenters. The highest BCUT2D eigenvalue weighted by atomic mass is 35.5. The van der Waals surface area contributed by atoms with E-state index in [2.05, 4.69) is 25.9 Å². The summed E-state index contributed by atoms with van der Waals surface area (Å²) >= 11 is 6.34. The first-order valence-corrected chi connectivity index (χ1v) is 15.4. The van der Waals surface area contributed by atoms with Gasteiger partial charge in [-0.3, -0.25) is 28.6 Å². The van der Waals surface area contributed by atoms with Gasteiger partial charge in [-0.2, -0.15) is 9.78 Å². The van der Waals surface area contributed by atoms with Gasteiger partial charge in [0.1, 0.15) is 12.9 Å². The average Bonchev–Trinajstić information content (AvgIpc) is 3.31. The number of halogens is 1. The van der Waals surface area contributed by atoms with Crippen LogP contribution in [0.3, 0.4) is 0 Å². The summed E-state index contributed by atoms with van der Waals surface area (Å²) in [5, 5.41) is 28.6. The highest BCUT2D eigenvalue weighted by molar-refractivity contribution is 6.31. The Morgan fingerprint density at radius 1 is 1.07 bits per heavy atom. The maximum Gasteiger partial charge on any atom is 0.325 e. The van der Waals surface area contributed by atoms with Crippen molar-refractivity contribution < 1.29 is 14.7 Å². The number of tetrazole rings is 1. The topological polar surface area (TPSA) is 176 Å². The number of carbonyl (C=O) groups excluding carboxylic acids is 1. The molecule has 1 aliphatic heterocycles. The number of hydrogen-bond donors (Lipinski definition) is 2. The fraction of sp³-hybridized carbons (Fsp3) is 0.323. The Morgan fingerprint density at radius 3 is 2.74 bits per heavy atom. The summed E-state index contributed by atoms with van der Waals surface area (Å²) in [6.45, 7) is -0.391. The minimum atomic E-state index is -1.07. The average molecular weight is 641 g/mol. The molecule has 1 saturated carbocycles. The molecule has 1 fully saturated rings. The molecular formula is C31H29ClN10O4. The Bertz CT molecular complexity index is 2010. The molecule has 234 valence electrons. The number of fused-ring (bicyclic) bond motifs is 6. The molecule has 0 spiro atoms. The maximum absolute atomic E-state index is 14.0. The molecule has 46 heavy (non-hydrogen) atoms. The zero-order valence-electron chi connectivity index (χ0n) is 24.6. The van der Waals surface area contributed by atoms with Gasteiger partial charge in [0.05, 0.1) is 46.5 Å². The molecule has 0 radical (unpaired) electrons. The van der Waals surface area contributed by atoms with Crippen LogP contribution < -0.4 is 10.9 Å². The number of benzene rings is 1. The molecule has 0 saturated heterocycles. The third kappa shape index (κ3) is 5.44. The second kappa shape index (κ2) is 11.9. The SMILES string of the molecule is O=C(O)Cn1ncc2c1-c1ccnc(c1)C1(n3cnc(-c4cc(Cl)ccc4-n4cnnn4)cc3=O)C[C@H]1CCCCCCC(=O)N2. The van der Waals surface area contributed by atoms with Gasteiger partial charge in [-0.15, -0.1) is 5.10 Å². The van der Waals surface area contributed by atoms with E-state index < -0.39 is 18.1 Å². The first-order chi connectivity index (χ1) is 22.3. The zero-order valence-corrected chi connectivity index (χ0v) is 25.3. The van der Waals surface area contributed by atoms with E-state index in [9.17, 15) is 19.5 Å². The lowest BCUT2D eigenvalue weighted by Crippen LogP contribution is -2.33. The maximum atomic E-state index is 14.0. The summed E-state index contributed by atoms with van der Waals surface area (Å²) in [6, 6.07) is 10.3. The smallest absolute Gasteiger partial charge is 0.325 e. The lowest BCUT2D eigenvalue weighted by Gasteiger charge is -2.22. The van der Waals surface area contributed by atoms with Crippen LogP contribution in [0, 0.1) is 5.92 Å². The van der Waals surface area contributed by atoms with Crippen LogP contribution in [0.4, 0.5) is 5.69 Å². The van der Waals surface area contributed by atoms with Crippen molar-refractivity contribution in [1.29, 1.82) is 0 Å². The summed E-state index contributed by atoms with van der Waals surface area (Å²) in [5.41, 5.74) is 2.76. The fourth-order valence-electron chi connectivity index (χ4n) is 6.51. The van der Waals surface area contributed by atoms with Gasteiger partial charge in [-0.1, -0.05) is 30.9 Å². The minimum Gasteiger partial charge on any atom is -0.480 e. The molecule has 1 amide bonds. The van der Waals surface area contributed by atoms with Gasteiger partial charge in [0.15, 0.2) is 0 Å². The molecule has 2 N–H and O–H groups in total. The molecule has 15 heteroatoms. The number of amides is 1. The molecule has 1 aliphatic carbocycles. The number of rotatable bonds is 5. The largest absolute Gasteiger partial charge is 0.480 e. The summed E-state index contributed by atoms with van der Waals surface area (Å²) in [6.07, 6.45) is 11.6. The van der Waals surface area contributed by atoms with E-state index in [4.69, 9.17) is 21.6 Å². The van der Waals surface area contributed by atoms with Crippen molar-refractivity contribution in [3.05, 3.63) is 82.5 Å². The van der Waals surface area contributed by atoms with E-state index in [1.54, 1.807) is 41.4 Å². The summed E-state index contributed by atoms with van der Waals surface area (Å²) in [7, 11) is 0. The van der Waals surface area contributed by atoms with Crippen molar-refractivity contribution in [1.82, 2.24) is 44.5 Å². The van der Waals surface area contributed by atoms with Gasteiger partial charge in [0, 0.05) is 34.8 Å². The standard InChI is InChI=1S/C31H29ClN10O4/c32-21-7-8-25(42-18-35-38-39-42)22(12-21)23-13-28(44)40(17-34-23)31-14-20(31)5-3-1-2-4-6-27(43)37-24-15-36-41(16-29(45)46)30(24)19-9-10-33-26(31)11-19/h7-13,15,17-18,20H,1-6,14,16H2,(H,37,43)(H,45,46)/t20-,31?/m1/s1. The predicted molar refractivity (Wildman–Crippen MR) is 166 cm³/mol. The number of carboxylic acids is 1. The van der Waals surface area contributed by atoms with Gasteiger partial charge in [0.25, 0.3) is 5.56 Å². The molecule has 5 heterocycles. The van der Waals surface area contributed by atoms with Crippen LogP contribution in [0.5, 0.6) is 0 Å². The van der Waals surface area contributed by atoms with E-state index >= 15 is 0 Å². The van der Waals surface area contributed by atoms with Gasteiger partial charge >= 0.3 is 5.97 Å². The minimum absolute atomic E-state index is 0.122. The fourth-order valence-corrected chi connectivity index (χ4v) is 6.68.